The van der Waals surface area contributed by atoms with Crippen LogP contribution in [0, 0.1) is 0 Å². The van der Waals surface area contributed by atoms with E-state index in [2.05, 4.69) is 15.5 Å². The highest BCUT2D eigenvalue weighted by atomic mass is 16.5. The van der Waals surface area contributed by atoms with Gasteiger partial charge in [0.1, 0.15) is 0 Å². The molecule has 0 saturated carbocycles. The molecule has 0 unspecified atom stereocenters. The predicted molar refractivity (Wildman–Crippen MR) is 90.0 cm³/mol. The molecule has 0 aliphatic heterocycles. The van der Waals surface area contributed by atoms with E-state index in [0.29, 0.717) is 28.5 Å². The summed E-state index contributed by atoms with van der Waals surface area (Å²) in [6.45, 7) is 1.77. The maximum Gasteiger partial charge on any atom is 0.272 e. The minimum Gasteiger partial charge on any atom is -0.493 e. The van der Waals surface area contributed by atoms with Gasteiger partial charge in [-0.05, 0) is 31.2 Å². The van der Waals surface area contributed by atoms with Crippen LogP contribution in [-0.2, 0) is 0 Å². The molecular formula is C17H19N3O4. The minimum absolute atomic E-state index is 0.338. The van der Waals surface area contributed by atoms with Crippen molar-refractivity contribution in [1.82, 2.24) is 10.4 Å². The molecule has 1 N–H and O–H groups in total. The molecule has 2 aromatic rings. The molecule has 1 aromatic heterocycles. The molecule has 126 valence electrons. The van der Waals surface area contributed by atoms with Gasteiger partial charge in [0.25, 0.3) is 5.91 Å². The van der Waals surface area contributed by atoms with E-state index >= 15 is 0 Å². The summed E-state index contributed by atoms with van der Waals surface area (Å²) < 4.78 is 15.9. The number of nitrogens with one attached hydrogen (secondary N) is 1. The Morgan fingerprint density at radius 2 is 1.75 bits per heavy atom. The molecule has 0 radical (unpaired) electrons. The number of hydrazone groups is 1. The summed E-state index contributed by atoms with van der Waals surface area (Å²) in [7, 11) is 4.62. The number of benzene rings is 1. The number of pyridine rings is 1. The van der Waals surface area contributed by atoms with Crippen LogP contribution in [0.2, 0.25) is 0 Å². The molecular weight excluding hydrogens is 310 g/mol. The zero-order chi connectivity index (χ0) is 17.5. The van der Waals surface area contributed by atoms with Crippen molar-refractivity contribution >= 4 is 11.6 Å². The van der Waals surface area contributed by atoms with Gasteiger partial charge >= 0.3 is 0 Å². The van der Waals surface area contributed by atoms with Gasteiger partial charge < -0.3 is 14.2 Å². The Balaban J connectivity index is 2.25. The maximum atomic E-state index is 12.0. The number of hydrogen-bond acceptors (Lipinski definition) is 6. The van der Waals surface area contributed by atoms with Gasteiger partial charge in [-0.3, -0.25) is 9.78 Å². The van der Waals surface area contributed by atoms with Crippen molar-refractivity contribution in [2.45, 2.75) is 6.92 Å². The standard InChI is InChI=1S/C17H19N3O4/c1-11(19-20-17(21)12-6-5-7-18-10-12)13-8-14(22-2)16(24-4)15(9-13)23-3/h5-10H,1-4H3,(H,20,21). The predicted octanol–water partition coefficient (Wildman–Crippen LogP) is 2.26. The number of amides is 1. The summed E-state index contributed by atoms with van der Waals surface area (Å²) in [5, 5.41) is 4.11. The van der Waals surface area contributed by atoms with Crippen molar-refractivity contribution in [2.75, 3.05) is 21.3 Å². The lowest BCUT2D eigenvalue weighted by Crippen LogP contribution is -2.19. The van der Waals surface area contributed by atoms with Crippen LogP contribution in [0.5, 0.6) is 17.2 Å². The molecule has 0 spiro atoms. The zero-order valence-electron chi connectivity index (χ0n) is 14.0. The minimum atomic E-state index is -0.338. The summed E-state index contributed by atoms with van der Waals surface area (Å²) in [6, 6.07) is 6.87. The number of methoxy groups -OCH3 is 3. The Labute approximate surface area is 140 Å². The number of aromatic nitrogens is 1. The maximum absolute atomic E-state index is 12.0. The van der Waals surface area contributed by atoms with E-state index in [1.807, 2.05) is 0 Å². The van der Waals surface area contributed by atoms with E-state index in [0.717, 1.165) is 5.56 Å². The third kappa shape index (κ3) is 3.81. The van der Waals surface area contributed by atoms with Crippen LogP contribution in [-0.4, -0.2) is 37.9 Å². The van der Waals surface area contributed by atoms with Gasteiger partial charge in [-0.2, -0.15) is 5.10 Å². The van der Waals surface area contributed by atoms with Crippen molar-refractivity contribution in [2.24, 2.45) is 5.10 Å². The molecule has 0 aliphatic rings. The molecule has 0 aliphatic carbocycles. The van der Waals surface area contributed by atoms with Crippen LogP contribution in [0.25, 0.3) is 0 Å². The number of ether oxygens (including phenoxy) is 3. The first-order chi connectivity index (χ1) is 11.6. The van der Waals surface area contributed by atoms with Crippen molar-refractivity contribution in [3.63, 3.8) is 0 Å². The summed E-state index contributed by atoms with van der Waals surface area (Å²) >= 11 is 0. The van der Waals surface area contributed by atoms with E-state index in [9.17, 15) is 4.79 Å². The van der Waals surface area contributed by atoms with Gasteiger partial charge in [-0.15, -0.1) is 0 Å². The molecule has 0 saturated heterocycles. The van der Waals surface area contributed by atoms with Gasteiger partial charge in [0.05, 0.1) is 32.6 Å². The Hall–Kier alpha value is -3.09. The lowest BCUT2D eigenvalue weighted by molar-refractivity contribution is 0.0954. The summed E-state index contributed by atoms with van der Waals surface area (Å²) in [5.74, 6) is 1.19. The number of carbonyl (C=O) groups excluding carboxylic acids is 1. The van der Waals surface area contributed by atoms with Crippen molar-refractivity contribution in [1.29, 1.82) is 0 Å². The van der Waals surface area contributed by atoms with Crippen LogP contribution in [0.1, 0.15) is 22.8 Å². The number of nitrogens with zero attached hydrogens (tertiary/aromatic N) is 2. The van der Waals surface area contributed by atoms with Gasteiger partial charge in [0.15, 0.2) is 11.5 Å². The molecule has 0 bridgehead atoms. The zero-order valence-corrected chi connectivity index (χ0v) is 14.0. The van der Waals surface area contributed by atoms with Gasteiger partial charge in [-0.25, -0.2) is 5.43 Å². The van der Waals surface area contributed by atoms with Crippen LogP contribution in [0.15, 0.2) is 41.8 Å². The number of rotatable bonds is 6. The van der Waals surface area contributed by atoms with Crippen molar-refractivity contribution < 1.29 is 19.0 Å². The topological polar surface area (TPSA) is 82.0 Å². The third-order valence-corrected chi connectivity index (χ3v) is 3.33. The monoisotopic (exact) mass is 329 g/mol. The number of hydrogen-bond donors (Lipinski definition) is 1. The van der Waals surface area contributed by atoms with E-state index in [4.69, 9.17) is 14.2 Å². The quantitative estimate of drug-likeness (QED) is 0.649. The molecule has 1 aromatic carbocycles. The van der Waals surface area contributed by atoms with E-state index in [-0.39, 0.29) is 5.91 Å². The second kappa shape index (κ2) is 7.96. The van der Waals surface area contributed by atoms with Crippen LogP contribution in [0.3, 0.4) is 0 Å². The largest absolute Gasteiger partial charge is 0.493 e. The highest BCUT2D eigenvalue weighted by molar-refractivity contribution is 6.01. The Bertz CT molecular complexity index is 720. The molecule has 1 amide bonds. The first kappa shape index (κ1) is 17.3. The normalized spacial score (nSPS) is 10.9. The fourth-order valence-electron chi connectivity index (χ4n) is 2.05. The summed E-state index contributed by atoms with van der Waals surface area (Å²) in [5.41, 5.74) is 4.25. The second-order valence-corrected chi connectivity index (χ2v) is 4.79. The van der Waals surface area contributed by atoms with Gasteiger partial charge in [-0.1, -0.05) is 0 Å². The van der Waals surface area contributed by atoms with Crippen molar-refractivity contribution in [3.8, 4) is 17.2 Å². The fourth-order valence-corrected chi connectivity index (χ4v) is 2.05. The summed E-state index contributed by atoms with van der Waals surface area (Å²) in [6.07, 6.45) is 3.07. The highest BCUT2D eigenvalue weighted by Crippen LogP contribution is 2.38. The second-order valence-electron chi connectivity index (χ2n) is 4.79. The molecule has 7 nitrogen and oxygen atoms in total. The Morgan fingerprint density at radius 1 is 1.08 bits per heavy atom. The molecule has 2 rings (SSSR count). The highest BCUT2D eigenvalue weighted by Gasteiger charge is 2.14. The third-order valence-electron chi connectivity index (χ3n) is 3.33. The Morgan fingerprint density at radius 3 is 2.25 bits per heavy atom. The fraction of sp³-hybridized carbons (Fsp3) is 0.235. The molecule has 24 heavy (non-hydrogen) atoms. The SMILES string of the molecule is COc1cc(C(C)=NNC(=O)c2cccnc2)cc(OC)c1OC. The van der Waals surface area contributed by atoms with E-state index in [1.54, 1.807) is 37.4 Å². The lowest BCUT2D eigenvalue weighted by Gasteiger charge is -2.14. The lowest BCUT2D eigenvalue weighted by atomic mass is 10.1. The molecule has 1 heterocycles. The van der Waals surface area contributed by atoms with Gasteiger partial charge in [0.2, 0.25) is 5.75 Å². The van der Waals surface area contributed by atoms with E-state index in [1.165, 1.54) is 27.5 Å². The van der Waals surface area contributed by atoms with Crippen LogP contribution in [0.4, 0.5) is 0 Å². The van der Waals surface area contributed by atoms with Gasteiger partial charge in [0, 0.05) is 18.0 Å². The van der Waals surface area contributed by atoms with E-state index < -0.39 is 0 Å². The van der Waals surface area contributed by atoms with Crippen LogP contribution >= 0.6 is 0 Å². The molecule has 0 atom stereocenters. The molecule has 7 heteroatoms. The van der Waals surface area contributed by atoms with Crippen LogP contribution < -0.4 is 19.6 Å². The first-order valence-electron chi connectivity index (χ1n) is 7.15. The van der Waals surface area contributed by atoms with Crippen molar-refractivity contribution in [3.05, 3.63) is 47.8 Å². The Kier molecular flexibility index (Phi) is 5.73. The average Bonchev–Trinajstić information content (AvgIpc) is 2.65. The summed E-state index contributed by atoms with van der Waals surface area (Å²) in [4.78, 5) is 15.9. The smallest absolute Gasteiger partial charge is 0.272 e. The average molecular weight is 329 g/mol. The number of carbonyl (C=O) groups is 1. The first-order valence-corrected chi connectivity index (χ1v) is 7.15. The molecule has 0 fully saturated rings.